The van der Waals surface area contributed by atoms with Crippen LogP contribution in [0.4, 0.5) is 4.79 Å². The fourth-order valence-electron chi connectivity index (χ4n) is 3.04. The van der Waals surface area contributed by atoms with Crippen LogP contribution in [0.25, 0.3) is 0 Å². The normalized spacial score (nSPS) is 13.2. The van der Waals surface area contributed by atoms with E-state index in [4.69, 9.17) is 39.5 Å². The van der Waals surface area contributed by atoms with Crippen LogP contribution in [0, 0.1) is 0 Å². The van der Waals surface area contributed by atoms with Gasteiger partial charge in [-0.2, -0.15) is 0 Å². The third kappa shape index (κ3) is 11.5. The maximum atomic E-state index is 12.6. The summed E-state index contributed by atoms with van der Waals surface area (Å²) < 4.78 is 4.35. The van der Waals surface area contributed by atoms with Gasteiger partial charge in [0.2, 0.25) is 5.78 Å². The van der Waals surface area contributed by atoms with Gasteiger partial charge in [0.1, 0.15) is 5.60 Å². The largest absolute Gasteiger partial charge is 0.443 e. The predicted octanol–water partition coefficient (Wildman–Crippen LogP) is 8.79. The van der Waals surface area contributed by atoms with E-state index in [9.17, 15) is 9.59 Å². The standard InChI is InChI=1S/C26H36Cl3NO3/c1-18(2)10-8-11-19(3)12-9-13-20(4)14-15-21-16-22(23(31)26(27,28)29)30(17-21)24(32)33-25(5,6)7/h10,12,14,16-17H,8-9,11,13,15H2,1-7H3/b19-12+,20-14+. The maximum Gasteiger partial charge on any atom is 0.419 e. The number of hydrogen-bond donors (Lipinski definition) is 0. The zero-order valence-electron chi connectivity index (χ0n) is 20.7. The minimum Gasteiger partial charge on any atom is -0.443 e. The third-order valence-electron chi connectivity index (χ3n) is 4.77. The Labute approximate surface area is 213 Å². The van der Waals surface area contributed by atoms with Gasteiger partial charge in [-0.25, -0.2) is 9.36 Å². The van der Waals surface area contributed by atoms with E-state index >= 15 is 0 Å². The van der Waals surface area contributed by atoms with Crippen LogP contribution in [-0.4, -0.2) is 25.8 Å². The Balaban J connectivity index is 2.90. The highest BCUT2D eigenvalue weighted by molar-refractivity contribution is 6.77. The minimum atomic E-state index is -2.17. The molecule has 0 fully saturated rings. The molecule has 0 unspecified atom stereocenters. The van der Waals surface area contributed by atoms with Gasteiger partial charge in [-0.05, 0) is 92.2 Å². The molecule has 0 saturated carbocycles. The number of Topliss-reactive ketones (excluding diaryl/α,β-unsaturated/α-hetero) is 1. The molecule has 0 aliphatic carbocycles. The van der Waals surface area contributed by atoms with Crippen LogP contribution < -0.4 is 0 Å². The van der Waals surface area contributed by atoms with E-state index in [1.54, 1.807) is 33.0 Å². The lowest BCUT2D eigenvalue weighted by Gasteiger charge is -2.20. The van der Waals surface area contributed by atoms with Crippen LogP contribution in [0.3, 0.4) is 0 Å². The number of halogens is 3. The maximum absolute atomic E-state index is 12.6. The van der Waals surface area contributed by atoms with Gasteiger partial charge in [0.25, 0.3) is 3.79 Å². The van der Waals surface area contributed by atoms with Gasteiger partial charge >= 0.3 is 6.09 Å². The molecule has 0 aliphatic heterocycles. The van der Waals surface area contributed by atoms with E-state index in [0.717, 1.165) is 35.8 Å². The highest BCUT2D eigenvalue weighted by Crippen LogP contribution is 2.31. The van der Waals surface area contributed by atoms with Gasteiger partial charge in [-0.1, -0.05) is 69.8 Å². The van der Waals surface area contributed by atoms with Crippen molar-refractivity contribution in [2.75, 3.05) is 0 Å². The second-order valence-corrected chi connectivity index (χ2v) is 11.9. The first-order valence-electron chi connectivity index (χ1n) is 11.1. The van der Waals surface area contributed by atoms with Crippen molar-refractivity contribution in [3.8, 4) is 0 Å². The number of hydrogen-bond acceptors (Lipinski definition) is 3. The number of allylic oxidation sites excluding steroid dienone is 6. The molecule has 0 aliphatic rings. The van der Waals surface area contributed by atoms with E-state index in [1.807, 2.05) is 0 Å². The van der Waals surface area contributed by atoms with Crippen molar-refractivity contribution in [2.45, 2.75) is 90.0 Å². The first-order chi connectivity index (χ1) is 15.1. The molecular weight excluding hydrogens is 481 g/mol. The fraction of sp³-hybridized carbons (Fsp3) is 0.538. The molecule has 1 aromatic heterocycles. The van der Waals surface area contributed by atoms with E-state index in [1.165, 1.54) is 16.7 Å². The van der Waals surface area contributed by atoms with Crippen molar-refractivity contribution in [1.29, 1.82) is 0 Å². The highest BCUT2D eigenvalue weighted by atomic mass is 35.6. The molecule has 33 heavy (non-hydrogen) atoms. The summed E-state index contributed by atoms with van der Waals surface area (Å²) >= 11 is 17.4. The molecule has 0 amide bonds. The number of carbonyl (C=O) groups excluding carboxylic acids is 2. The second kappa shape index (κ2) is 12.8. The monoisotopic (exact) mass is 515 g/mol. The van der Waals surface area contributed by atoms with Crippen LogP contribution in [0.1, 0.15) is 90.2 Å². The molecule has 0 bridgehead atoms. The van der Waals surface area contributed by atoms with Crippen LogP contribution in [0.2, 0.25) is 0 Å². The summed E-state index contributed by atoms with van der Waals surface area (Å²) in [5.41, 5.74) is 3.98. The van der Waals surface area contributed by atoms with E-state index in [2.05, 4.69) is 45.9 Å². The molecule has 4 nitrogen and oxygen atoms in total. The Hall–Kier alpha value is -1.49. The molecule has 1 aromatic rings. The second-order valence-electron chi connectivity index (χ2n) is 9.57. The van der Waals surface area contributed by atoms with Gasteiger partial charge in [0.05, 0.1) is 5.69 Å². The van der Waals surface area contributed by atoms with Crippen LogP contribution in [0.15, 0.2) is 47.2 Å². The number of carbonyl (C=O) groups is 2. The Morgan fingerprint density at radius 2 is 1.48 bits per heavy atom. The highest BCUT2D eigenvalue weighted by Gasteiger charge is 2.35. The lowest BCUT2D eigenvalue weighted by atomic mass is 10.1. The molecular formula is C26H36Cl3NO3. The summed E-state index contributed by atoms with van der Waals surface area (Å²) in [4.78, 5) is 25.2. The lowest BCUT2D eigenvalue weighted by molar-refractivity contribution is 0.0528. The van der Waals surface area contributed by atoms with E-state index < -0.39 is 21.3 Å². The van der Waals surface area contributed by atoms with E-state index in [0.29, 0.717) is 6.42 Å². The Bertz CT molecular complexity index is 922. The molecule has 0 aromatic carbocycles. The quantitative estimate of drug-likeness (QED) is 0.187. The van der Waals surface area contributed by atoms with Crippen LogP contribution >= 0.6 is 34.8 Å². The Morgan fingerprint density at radius 3 is 2.00 bits per heavy atom. The third-order valence-corrected chi connectivity index (χ3v) is 5.28. The molecule has 0 saturated heterocycles. The summed E-state index contributed by atoms with van der Waals surface area (Å²) in [5.74, 6) is -0.779. The summed E-state index contributed by atoms with van der Waals surface area (Å²) in [7, 11) is 0. The predicted molar refractivity (Wildman–Crippen MR) is 140 cm³/mol. The molecule has 0 N–H and O–H groups in total. The summed E-state index contributed by atoms with van der Waals surface area (Å²) in [5, 5.41) is 0. The van der Waals surface area contributed by atoms with Gasteiger partial charge in [0, 0.05) is 6.20 Å². The zero-order valence-corrected chi connectivity index (χ0v) is 23.0. The minimum absolute atomic E-state index is 0.0137. The smallest absolute Gasteiger partial charge is 0.419 e. The van der Waals surface area contributed by atoms with Crippen molar-refractivity contribution < 1.29 is 14.3 Å². The average Bonchev–Trinajstić information content (AvgIpc) is 3.07. The SMILES string of the molecule is CC(C)=CCC/C(C)=C/CC/C(C)=C/Cc1cc(C(=O)C(Cl)(Cl)Cl)n(C(=O)OC(C)(C)C)c1. The van der Waals surface area contributed by atoms with Crippen molar-refractivity contribution in [1.82, 2.24) is 4.57 Å². The van der Waals surface area contributed by atoms with Crippen LogP contribution in [-0.2, 0) is 11.2 Å². The molecule has 184 valence electrons. The number of alkyl halides is 3. The van der Waals surface area contributed by atoms with Crippen molar-refractivity contribution >= 4 is 46.7 Å². The molecule has 1 rings (SSSR count). The van der Waals surface area contributed by atoms with Crippen molar-refractivity contribution in [2.24, 2.45) is 0 Å². The molecule has 0 radical (unpaired) electrons. The first-order valence-corrected chi connectivity index (χ1v) is 12.2. The molecule has 0 atom stereocenters. The Kier molecular flexibility index (Phi) is 11.5. The fourth-order valence-corrected chi connectivity index (χ4v) is 3.33. The van der Waals surface area contributed by atoms with Crippen molar-refractivity contribution in [3.63, 3.8) is 0 Å². The molecule has 1 heterocycles. The zero-order chi connectivity index (χ0) is 25.4. The molecule has 7 heteroatoms. The number of aromatic nitrogens is 1. The van der Waals surface area contributed by atoms with Gasteiger partial charge in [-0.3, -0.25) is 4.79 Å². The topological polar surface area (TPSA) is 48.3 Å². The summed E-state index contributed by atoms with van der Waals surface area (Å²) in [6.45, 7) is 13.7. The Morgan fingerprint density at radius 1 is 0.939 bits per heavy atom. The number of ketones is 1. The number of nitrogens with zero attached hydrogens (tertiary/aromatic N) is 1. The van der Waals surface area contributed by atoms with Crippen molar-refractivity contribution in [3.05, 3.63) is 58.5 Å². The number of rotatable bonds is 9. The van der Waals surface area contributed by atoms with Gasteiger partial charge in [0.15, 0.2) is 0 Å². The lowest BCUT2D eigenvalue weighted by Crippen LogP contribution is -2.30. The van der Waals surface area contributed by atoms with Crippen LogP contribution in [0.5, 0.6) is 0 Å². The van der Waals surface area contributed by atoms with E-state index in [-0.39, 0.29) is 5.69 Å². The average molecular weight is 517 g/mol. The number of ether oxygens (including phenoxy) is 1. The summed E-state index contributed by atoms with van der Waals surface area (Å²) in [6, 6.07) is 1.57. The molecule has 0 spiro atoms. The van der Waals surface area contributed by atoms with Gasteiger partial charge < -0.3 is 4.74 Å². The summed E-state index contributed by atoms with van der Waals surface area (Å²) in [6.07, 6.45) is 12.1. The van der Waals surface area contributed by atoms with Gasteiger partial charge in [-0.15, -0.1) is 0 Å². The first kappa shape index (κ1) is 29.5.